The van der Waals surface area contributed by atoms with Crippen LogP contribution >= 0.6 is 23.1 Å². The van der Waals surface area contributed by atoms with Crippen LogP contribution in [0.5, 0.6) is 0 Å². The van der Waals surface area contributed by atoms with Gasteiger partial charge in [0.25, 0.3) is 0 Å². The van der Waals surface area contributed by atoms with Crippen LogP contribution in [0.15, 0.2) is 10.4 Å². The first-order valence-corrected chi connectivity index (χ1v) is 9.28. The second kappa shape index (κ2) is 6.72. The van der Waals surface area contributed by atoms with E-state index in [-0.39, 0.29) is 6.04 Å². The normalized spacial score (nSPS) is 22.0. The highest BCUT2D eigenvalue weighted by Gasteiger charge is 2.39. The number of nitrogens with one attached hydrogen (secondary N) is 1. The molecule has 2 rings (SSSR count). The van der Waals surface area contributed by atoms with Gasteiger partial charge in [-0.05, 0) is 34.6 Å². The van der Waals surface area contributed by atoms with E-state index < -0.39 is 23.2 Å². The SMILES string of the molecule is C[C@H](NC(=O)OC(C)(C)C)c1nc(C2=N[C@](C)(C(=O)O)CS2)cs1. The quantitative estimate of drug-likeness (QED) is 0.843. The largest absolute Gasteiger partial charge is 0.479 e. The van der Waals surface area contributed by atoms with Crippen molar-refractivity contribution in [2.45, 2.75) is 51.8 Å². The highest BCUT2D eigenvalue weighted by Crippen LogP contribution is 2.32. The highest BCUT2D eigenvalue weighted by molar-refractivity contribution is 8.14. The van der Waals surface area contributed by atoms with E-state index in [4.69, 9.17) is 4.74 Å². The van der Waals surface area contributed by atoms with Gasteiger partial charge >= 0.3 is 12.1 Å². The van der Waals surface area contributed by atoms with E-state index in [1.54, 1.807) is 27.7 Å². The molecule has 9 heteroatoms. The monoisotopic (exact) mass is 371 g/mol. The van der Waals surface area contributed by atoms with E-state index in [2.05, 4.69) is 15.3 Å². The number of amides is 1. The van der Waals surface area contributed by atoms with Gasteiger partial charge in [-0.25, -0.2) is 14.6 Å². The summed E-state index contributed by atoms with van der Waals surface area (Å²) in [5, 5.41) is 15.1. The summed E-state index contributed by atoms with van der Waals surface area (Å²) in [5.41, 5.74) is -1.03. The molecule has 2 atom stereocenters. The lowest BCUT2D eigenvalue weighted by atomic mass is 10.1. The number of thioether (sulfide) groups is 1. The summed E-state index contributed by atoms with van der Waals surface area (Å²) in [6.07, 6.45) is -0.502. The van der Waals surface area contributed by atoms with Gasteiger partial charge in [-0.15, -0.1) is 23.1 Å². The van der Waals surface area contributed by atoms with Gasteiger partial charge in [-0.2, -0.15) is 0 Å². The molecule has 1 amide bonds. The van der Waals surface area contributed by atoms with Gasteiger partial charge in [0.05, 0.1) is 6.04 Å². The van der Waals surface area contributed by atoms with Crippen LogP contribution in [0.1, 0.15) is 51.4 Å². The van der Waals surface area contributed by atoms with Crippen molar-refractivity contribution in [1.82, 2.24) is 10.3 Å². The summed E-state index contributed by atoms with van der Waals surface area (Å²) in [6.45, 7) is 8.81. The van der Waals surface area contributed by atoms with Crippen molar-refractivity contribution in [3.8, 4) is 0 Å². The van der Waals surface area contributed by atoms with Crippen LogP contribution in [0, 0.1) is 0 Å². The fourth-order valence-corrected chi connectivity index (χ4v) is 3.88. The number of thiazole rings is 1. The van der Waals surface area contributed by atoms with Crippen LogP contribution in [0.3, 0.4) is 0 Å². The van der Waals surface area contributed by atoms with Crippen LogP contribution < -0.4 is 5.32 Å². The molecule has 1 aromatic rings. The van der Waals surface area contributed by atoms with Crippen LogP contribution in [0.25, 0.3) is 0 Å². The number of alkyl carbamates (subject to hydrolysis) is 1. The van der Waals surface area contributed by atoms with E-state index in [0.29, 0.717) is 21.5 Å². The Balaban J connectivity index is 2.06. The van der Waals surface area contributed by atoms with Gasteiger partial charge in [0, 0.05) is 11.1 Å². The number of carboxylic acid groups (broad SMARTS) is 1. The predicted molar refractivity (Wildman–Crippen MR) is 94.9 cm³/mol. The molecule has 132 valence electrons. The van der Waals surface area contributed by atoms with Crippen molar-refractivity contribution in [3.05, 3.63) is 16.1 Å². The van der Waals surface area contributed by atoms with Crippen LogP contribution in [0.4, 0.5) is 4.79 Å². The Kier molecular flexibility index (Phi) is 5.24. The zero-order chi connectivity index (χ0) is 18.1. The lowest BCUT2D eigenvalue weighted by Crippen LogP contribution is -2.34. The number of aliphatic imine (C=N–C) groups is 1. The molecule has 7 nitrogen and oxygen atoms in total. The van der Waals surface area contributed by atoms with Crippen molar-refractivity contribution in [2.24, 2.45) is 4.99 Å². The lowest BCUT2D eigenvalue weighted by molar-refractivity contribution is -0.141. The Morgan fingerprint density at radius 2 is 2.12 bits per heavy atom. The van der Waals surface area contributed by atoms with Gasteiger partial charge in [0.1, 0.15) is 21.3 Å². The first-order valence-electron chi connectivity index (χ1n) is 7.41. The van der Waals surface area contributed by atoms with Crippen molar-refractivity contribution >= 4 is 40.2 Å². The molecule has 2 heterocycles. The molecule has 0 aliphatic carbocycles. The highest BCUT2D eigenvalue weighted by atomic mass is 32.2. The summed E-state index contributed by atoms with van der Waals surface area (Å²) >= 11 is 2.77. The number of carbonyl (C=O) groups excluding carboxylic acids is 1. The summed E-state index contributed by atoms with van der Waals surface area (Å²) in [4.78, 5) is 31.8. The number of carboxylic acids is 1. The molecule has 2 N–H and O–H groups in total. The zero-order valence-corrected chi connectivity index (χ0v) is 15.9. The molecule has 0 spiro atoms. The van der Waals surface area contributed by atoms with Crippen LogP contribution in [-0.2, 0) is 9.53 Å². The summed E-state index contributed by atoms with van der Waals surface area (Å²) in [7, 11) is 0. The minimum Gasteiger partial charge on any atom is -0.479 e. The average molecular weight is 371 g/mol. The van der Waals surface area contributed by atoms with Gasteiger partial charge in [-0.1, -0.05) is 0 Å². The Hall–Kier alpha value is -1.61. The molecule has 1 aromatic heterocycles. The molecule has 0 unspecified atom stereocenters. The third kappa shape index (κ3) is 4.47. The number of nitrogens with zero attached hydrogens (tertiary/aromatic N) is 2. The Morgan fingerprint density at radius 1 is 1.46 bits per heavy atom. The molecule has 1 aliphatic heterocycles. The summed E-state index contributed by atoms with van der Waals surface area (Å²) < 4.78 is 5.22. The predicted octanol–water partition coefficient (Wildman–Crippen LogP) is 3.07. The number of rotatable bonds is 4. The second-order valence-corrected chi connectivity index (χ2v) is 8.58. The molecular formula is C15H21N3O4S2. The fraction of sp³-hybridized carbons (Fsp3) is 0.600. The molecule has 0 saturated heterocycles. The molecule has 0 aromatic carbocycles. The van der Waals surface area contributed by atoms with Crippen molar-refractivity contribution in [1.29, 1.82) is 0 Å². The number of aromatic nitrogens is 1. The maximum atomic E-state index is 11.8. The molecule has 1 aliphatic rings. The van der Waals surface area contributed by atoms with E-state index in [9.17, 15) is 14.7 Å². The fourth-order valence-electron chi connectivity index (χ4n) is 1.87. The Morgan fingerprint density at radius 3 is 2.67 bits per heavy atom. The molecule has 0 radical (unpaired) electrons. The van der Waals surface area contributed by atoms with E-state index in [1.165, 1.54) is 23.1 Å². The minimum absolute atomic E-state index is 0.309. The first kappa shape index (κ1) is 18.7. The minimum atomic E-state index is -1.11. The molecule has 0 fully saturated rings. The van der Waals surface area contributed by atoms with E-state index >= 15 is 0 Å². The van der Waals surface area contributed by atoms with Gasteiger partial charge < -0.3 is 15.2 Å². The third-order valence-electron chi connectivity index (χ3n) is 3.14. The average Bonchev–Trinajstić information content (AvgIpc) is 3.03. The number of ether oxygens (including phenoxy) is 1. The standard InChI is InChI=1S/C15H21N3O4S2/c1-8(16-13(21)22-14(2,3)4)10-17-9(6-23-10)11-18-15(5,7-24-11)12(19)20/h6,8H,7H2,1-5H3,(H,16,21)(H,19,20)/t8-,15-/m0/s1. The molecule has 24 heavy (non-hydrogen) atoms. The van der Waals surface area contributed by atoms with E-state index in [1.807, 2.05) is 12.3 Å². The number of aliphatic carboxylic acids is 1. The Bertz CT molecular complexity index is 681. The van der Waals surface area contributed by atoms with Crippen LogP contribution in [0.2, 0.25) is 0 Å². The second-order valence-electron chi connectivity index (χ2n) is 6.72. The zero-order valence-electron chi connectivity index (χ0n) is 14.2. The van der Waals surface area contributed by atoms with Gasteiger partial charge in [-0.3, -0.25) is 4.99 Å². The number of hydrogen-bond donors (Lipinski definition) is 2. The maximum Gasteiger partial charge on any atom is 0.408 e. The van der Waals surface area contributed by atoms with E-state index in [0.717, 1.165) is 0 Å². The van der Waals surface area contributed by atoms with Crippen molar-refractivity contribution < 1.29 is 19.4 Å². The van der Waals surface area contributed by atoms with Crippen molar-refractivity contribution in [3.63, 3.8) is 0 Å². The van der Waals surface area contributed by atoms with Crippen LogP contribution in [-0.4, -0.2) is 44.1 Å². The maximum absolute atomic E-state index is 11.8. The van der Waals surface area contributed by atoms with Gasteiger partial charge in [0.15, 0.2) is 5.54 Å². The first-order chi connectivity index (χ1) is 11.0. The summed E-state index contributed by atoms with van der Waals surface area (Å²) in [6, 6.07) is -0.309. The smallest absolute Gasteiger partial charge is 0.408 e. The summed E-state index contributed by atoms with van der Waals surface area (Å²) in [5.74, 6) is -0.559. The van der Waals surface area contributed by atoms with Crippen molar-refractivity contribution in [2.75, 3.05) is 5.75 Å². The lowest BCUT2D eigenvalue weighted by Gasteiger charge is -2.21. The Labute approximate surface area is 148 Å². The number of carbonyl (C=O) groups is 2. The molecular weight excluding hydrogens is 350 g/mol. The topological polar surface area (TPSA) is 101 Å². The third-order valence-corrected chi connectivity index (χ3v) is 5.45. The van der Waals surface area contributed by atoms with Gasteiger partial charge in [0.2, 0.25) is 0 Å². The molecule has 0 saturated carbocycles. The number of hydrogen-bond acceptors (Lipinski definition) is 7. The molecule has 0 bridgehead atoms.